The van der Waals surface area contributed by atoms with Gasteiger partial charge in [0.15, 0.2) is 5.96 Å². The second-order valence-corrected chi connectivity index (χ2v) is 5.26. The monoisotopic (exact) mass is 281 g/mol. The number of nitrogens with one attached hydrogen (secondary N) is 1. The van der Waals surface area contributed by atoms with E-state index in [0.717, 1.165) is 12.2 Å². The number of anilines is 1. The van der Waals surface area contributed by atoms with E-state index in [0.29, 0.717) is 22.6 Å². The molecule has 1 aromatic carbocycles. The highest BCUT2D eigenvalue weighted by Gasteiger charge is 2.14. The van der Waals surface area contributed by atoms with Gasteiger partial charge in [0.2, 0.25) is 0 Å². The molecular formula is C14H20ClN3O. The molecule has 104 valence electrons. The van der Waals surface area contributed by atoms with Gasteiger partial charge < -0.3 is 15.8 Å². The fraction of sp³-hybridized carbons (Fsp3) is 0.500. The molecule has 2 rings (SSSR count). The molecular weight excluding hydrogens is 262 g/mol. The maximum atomic E-state index is 6.05. The molecule has 4 nitrogen and oxygen atoms in total. The van der Waals surface area contributed by atoms with E-state index in [1.807, 2.05) is 6.07 Å². The van der Waals surface area contributed by atoms with Crippen molar-refractivity contribution < 1.29 is 4.74 Å². The highest BCUT2D eigenvalue weighted by molar-refractivity contribution is 6.32. The van der Waals surface area contributed by atoms with Gasteiger partial charge in [-0.1, -0.05) is 24.4 Å². The molecule has 1 aliphatic rings. The number of methoxy groups -OCH3 is 1. The summed E-state index contributed by atoms with van der Waals surface area (Å²) >= 11 is 6.05. The van der Waals surface area contributed by atoms with E-state index < -0.39 is 0 Å². The van der Waals surface area contributed by atoms with E-state index in [1.165, 1.54) is 25.7 Å². The lowest BCUT2D eigenvalue weighted by Gasteiger charge is -2.09. The van der Waals surface area contributed by atoms with Crippen LogP contribution in [-0.4, -0.2) is 19.6 Å². The molecule has 0 heterocycles. The first-order valence-electron chi connectivity index (χ1n) is 6.59. The summed E-state index contributed by atoms with van der Waals surface area (Å²) in [6, 6.07) is 5.44. The van der Waals surface area contributed by atoms with Crippen molar-refractivity contribution in [2.45, 2.75) is 25.7 Å². The zero-order valence-corrected chi connectivity index (χ0v) is 11.9. The van der Waals surface area contributed by atoms with Crippen LogP contribution in [0.3, 0.4) is 0 Å². The SMILES string of the molecule is COc1ccc(NC(N)=NCC2CCCC2)cc1Cl. The van der Waals surface area contributed by atoms with Crippen LogP contribution < -0.4 is 15.8 Å². The normalized spacial score (nSPS) is 16.6. The Balaban J connectivity index is 1.92. The summed E-state index contributed by atoms with van der Waals surface area (Å²) in [7, 11) is 1.59. The third-order valence-electron chi connectivity index (χ3n) is 3.42. The molecule has 1 aromatic rings. The van der Waals surface area contributed by atoms with Crippen molar-refractivity contribution in [3.05, 3.63) is 23.2 Å². The highest BCUT2D eigenvalue weighted by Crippen LogP contribution is 2.27. The number of hydrogen-bond donors (Lipinski definition) is 2. The van der Waals surface area contributed by atoms with Crippen molar-refractivity contribution in [3.63, 3.8) is 0 Å². The minimum Gasteiger partial charge on any atom is -0.495 e. The second-order valence-electron chi connectivity index (χ2n) is 4.85. The van der Waals surface area contributed by atoms with Gasteiger partial charge in [-0.15, -0.1) is 0 Å². The lowest BCUT2D eigenvalue weighted by Crippen LogP contribution is -2.23. The van der Waals surface area contributed by atoms with Crippen molar-refractivity contribution in [2.24, 2.45) is 16.6 Å². The minimum atomic E-state index is 0.438. The number of ether oxygens (including phenoxy) is 1. The van der Waals surface area contributed by atoms with Gasteiger partial charge in [-0.05, 0) is 37.0 Å². The number of aliphatic imine (C=N–C) groups is 1. The number of benzene rings is 1. The lowest BCUT2D eigenvalue weighted by atomic mass is 10.1. The quantitative estimate of drug-likeness (QED) is 0.658. The molecule has 5 heteroatoms. The maximum absolute atomic E-state index is 6.05. The first kappa shape index (κ1) is 14.0. The molecule has 1 aliphatic carbocycles. The molecule has 0 radical (unpaired) electrons. The zero-order chi connectivity index (χ0) is 13.7. The van der Waals surface area contributed by atoms with Crippen LogP contribution in [0.15, 0.2) is 23.2 Å². The topological polar surface area (TPSA) is 59.6 Å². The molecule has 1 fully saturated rings. The summed E-state index contributed by atoms with van der Waals surface area (Å²) in [6.07, 6.45) is 5.18. The van der Waals surface area contributed by atoms with Gasteiger partial charge in [0.05, 0.1) is 12.1 Å². The number of hydrogen-bond acceptors (Lipinski definition) is 2. The van der Waals surface area contributed by atoms with E-state index >= 15 is 0 Å². The van der Waals surface area contributed by atoms with Crippen LogP contribution >= 0.6 is 11.6 Å². The van der Waals surface area contributed by atoms with Crippen LogP contribution in [0.1, 0.15) is 25.7 Å². The van der Waals surface area contributed by atoms with Crippen LogP contribution in [0.25, 0.3) is 0 Å². The first-order valence-corrected chi connectivity index (χ1v) is 6.97. The van der Waals surface area contributed by atoms with Crippen LogP contribution in [-0.2, 0) is 0 Å². The van der Waals surface area contributed by atoms with Gasteiger partial charge in [0.25, 0.3) is 0 Å². The van der Waals surface area contributed by atoms with Gasteiger partial charge in [-0.25, -0.2) is 0 Å². The van der Waals surface area contributed by atoms with E-state index in [2.05, 4.69) is 10.3 Å². The van der Waals surface area contributed by atoms with E-state index in [9.17, 15) is 0 Å². The maximum Gasteiger partial charge on any atom is 0.193 e. The summed E-state index contributed by atoms with van der Waals surface area (Å²) in [5.74, 6) is 1.78. The molecule has 0 spiro atoms. The molecule has 1 saturated carbocycles. The minimum absolute atomic E-state index is 0.438. The molecule has 0 bridgehead atoms. The largest absolute Gasteiger partial charge is 0.495 e. The number of rotatable bonds is 4. The summed E-state index contributed by atoms with van der Waals surface area (Å²) in [5.41, 5.74) is 6.69. The van der Waals surface area contributed by atoms with E-state index in [4.69, 9.17) is 22.1 Å². The predicted molar refractivity (Wildman–Crippen MR) is 80.1 cm³/mol. The van der Waals surface area contributed by atoms with Crippen molar-refractivity contribution in [1.29, 1.82) is 0 Å². The molecule has 3 N–H and O–H groups in total. The van der Waals surface area contributed by atoms with Gasteiger partial charge in [0, 0.05) is 12.2 Å². The summed E-state index contributed by atoms with van der Waals surface area (Å²) in [6.45, 7) is 0.808. The summed E-state index contributed by atoms with van der Waals surface area (Å²) in [5, 5.41) is 3.60. The smallest absolute Gasteiger partial charge is 0.193 e. The Morgan fingerprint density at radius 3 is 2.84 bits per heavy atom. The highest BCUT2D eigenvalue weighted by atomic mass is 35.5. The van der Waals surface area contributed by atoms with Crippen molar-refractivity contribution in [1.82, 2.24) is 0 Å². The Labute approximate surface area is 119 Å². The average molecular weight is 282 g/mol. The second kappa shape index (κ2) is 6.66. The Morgan fingerprint density at radius 2 is 2.21 bits per heavy atom. The Morgan fingerprint density at radius 1 is 1.47 bits per heavy atom. The van der Waals surface area contributed by atoms with Gasteiger partial charge >= 0.3 is 0 Å². The third-order valence-corrected chi connectivity index (χ3v) is 3.71. The zero-order valence-electron chi connectivity index (χ0n) is 11.2. The third kappa shape index (κ3) is 4.03. The number of nitrogens with two attached hydrogens (primary N) is 1. The predicted octanol–water partition coefficient (Wildman–Crippen LogP) is 3.27. The number of nitrogens with zero attached hydrogens (tertiary/aromatic N) is 1. The van der Waals surface area contributed by atoms with Gasteiger partial charge in [0.1, 0.15) is 5.75 Å². The van der Waals surface area contributed by atoms with Crippen LogP contribution in [0, 0.1) is 5.92 Å². The molecule has 0 aromatic heterocycles. The van der Waals surface area contributed by atoms with Gasteiger partial charge in [-0.3, -0.25) is 4.99 Å². The van der Waals surface area contributed by atoms with E-state index in [-0.39, 0.29) is 0 Å². The van der Waals surface area contributed by atoms with Crippen molar-refractivity contribution in [2.75, 3.05) is 19.0 Å². The number of halogens is 1. The molecule has 0 saturated heterocycles. The summed E-state index contributed by atoms with van der Waals surface area (Å²) < 4.78 is 5.10. The van der Waals surface area contributed by atoms with Gasteiger partial charge in [-0.2, -0.15) is 0 Å². The summed E-state index contributed by atoms with van der Waals surface area (Å²) in [4.78, 5) is 4.38. The first-order chi connectivity index (χ1) is 9.19. The Kier molecular flexibility index (Phi) is 4.91. The van der Waals surface area contributed by atoms with Crippen LogP contribution in [0.2, 0.25) is 5.02 Å². The lowest BCUT2D eigenvalue weighted by molar-refractivity contribution is 0.415. The molecule has 0 atom stereocenters. The molecule has 19 heavy (non-hydrogen) atoms. The fourth-order valence-corrected chi connectivity index (χ4v) is 2.61. The Bertz CT molecular complexity index is 456. The molecule has 0 amide bonds. The average Bonchev–Trinajstić information content (AvgIpc) is 2.90. The standard InChI is InChI=1S/C14H20ClN3O/c1-19-13-7-6-11(8-12(13)15)18-14(16)17-9-10-4-2-3-5-10/h6-8,10H,2-5,9H2,1H3,(H3,16,17,18). The van der Waals surface area contributed by atoms with Crippen LogP contribution in [0.4, 0.5) is 5.69 Å². The van der Waals surface area contributed by atoms with Crippen molar-refractivity contribution >= 4 is 23.2 Å². The van der Waals surface area contributed by atoms with E-state index in [1.54, 1.807) is 19.2 Å². The Hall–Kier alpha value is -1.42. The molecule has 0 unspecified atom stereocenters. The number of guanidine groups is 1. The molecule has 0 aliphatic heterocycles. The fourth-order valence-electron chi connectivity index (χ4n) is 2.35. The van der Waals surface area contributed by atoms with Crippen LogP contribution in [0.5, 0.6) is 5.75 Å². The van der Waals surface area contributed by atoms with Crippen molar-refractivity contribution in [3.8, 4) is 5.75 Å².